The van der Waals surface area contributed by atoms with Crippen molar-refractivity contribution in [1.82, 2.24) is 10.3 Å². The molecule has 2 fully saturated rings. The maximum Gasteiger partial charge on any atom is 0.228 e. The number of anilines is 1. The lowest BCUT2D eigenvalue weighted by atomic mass is 9.82. The van der Waals surface area contributed by atoms with Gasteiger partial charge in [-0.3, -0.25) is 9.59 Å². The largest absolute Gasteiger partial charge is 0.355 e. The summed E-state index contributed by atoms with van der Waals surface area (Å²) >= 11 is 5.06. The molecule has 5 rings (SSSR count). The summed E-state index contributed by atoms with van der Waals surface area (Å²) in [6.45, 7) is 4.50. The number of carbonyl (C=O) groups excluding carboxylic acids is 2. The average Bonchev–Trinajstić information content (AvgIpc) is 3.29. The van der Waals surface area contributed by atoms with Gasteiger partial charge in [0.05, 0.1) is 23.0 Å². The molecule has 1 heterocycles. The Bertz CT molecular complexity index is 1060. The zero-order chi connectivity index (χ0) is 21.8. The van der Waals surface area contributed by atoms with Gasteiger partial charge in [0.25, 0.3) is 0 Å². The quantitative estimate of drug-likeness (QED) is 0.568. The van der Waals surface area contributed by atoms with E-state index in [9.17, 15) is 9.59 Å². The minimum atomic E-state index is -0.107. The molecule has 2 amide bonds. The predicted molar refractivity (Wildman–Crippen MR) is 126 cm³/mol. The number of nitrogens with zero attached hydrogens (tertiary/aromatic N) is 1. The zero-order valence-electron chi connectivity index (χ0n) is 17.7. The van der Waals surface area contributed by atoms with Gasteiger partial charge in [0, 0.05) is 21.6 Å². The number of hydrogen-bond donors (Lipinski definition) is 2. The molecule has 7 heteroatoms. The predicted octanol–water partition coefficient (Wildman–Crippen LogP) is 4.65. The molecular weight excluding hydrogens is 474 g/mol. The lowest BCUT2D eigenvalue weighted by Gasteiger charge is -2.27. The van der Waals surface area contributed by atoms with E-state index in [-0.39, 0.29) is 35.0 Å². The number of benzene rings is 1. The third kappa shape index (κ3) is 3.76. The molecule has 1 spiro atoms. The fourth-order valence-corrected chi connectivity index (χ4v) is 6.84. The molecule has 2 aromatic rings. The highest BCUT2D eigenvalue weighted by molar-refractivity contribution is 9.10. The van der Waals surface area contributed by atoms with Gasteiger partial charge in [-0.1, -0.05) is 28.1 Å². The van der Waals surface area contributed by atoms with Crippen LogP contribution in [0.15, 0.2) is 40.9 Å². The number of allylic oxidation sites excluding steroid dienone is 2. The third-order valence-corrected chi connectivity index (χ3v) is 8.72. The highest BCUT2D eigenvalue weighted by Crippen LogP contribution is 2.71. The number of aromatic nitrogens is 1. The first-order valence-corrected chi connectivity index (χ1v) is 12.4. The summed E-state index contributed by atoms with van der Waals surface area (Å²) in [5.74, 6) is 0.729. The normalized spacial score (nSPS) is 26.9. The number of nitrogens with one attached hydrogen (secondary N) is 2. The van der Waals surface area contributed by atoms with Crippen LogP contribution in [-0.4, -0.2) is 23.3 Å². The van der Waals surface area contributed by atoms with E-state index < -0.39 is 0 Å². The summed E-state index contributed by atoms with van der Waals surface area (Å²) in [5, 5.41) is 7.22. The Labute approximate surface area is 194 Å². The maximum atomic E-state index is 13.3. The van der Waals surface area contributed by atoms with E-state index in [4.69, 9.17) is 0 Å². The molecule has 5 nitrogen and oxygen atoms in total. The van der Waals surface area contributed by atoms with Crippen molar-refractivity contribution in [2.45, 2.75) is 33.1 Å². The van der Waals surface area contributed by atoms with Crippen LogP contribution >= 0.6 is 27.3 Å². The lowest BCUT2D eigenvalue weighted by Crippen LogP contribution is -2.40. The van der Waals surface area contributed by atoms with E-state index in [0.29, 0.717) is 18.9 Å². The summed E-state index contributed by atoms with van der Waals surface area (Å²) in [4.78, 5) is 31.5. The van der Waals surface area contributed by atoms with Crippen molar-refractivity contribution in [3.05, 3.63) is 56.5 Å². The molecule has 3 aliphatic carbocycles. The first-order valence-electron chi connectivity index (χ1n) is 10.8. The SMILES string of the molecule is Cc1nc(CC(=O)NC[C@H]2[C@H](C(=O)Nc3ccc(Br)cc3)[C@@H]3C=C[C@H]2C32CC2)c(C)s1. The molecule has 4 atom stereocenters. The zero-order valence-corrected chi connectivity index (χ0v) is 20.1. The second-order valence-corrected chi connectivity index (χ2v) is 11.4. The maximum absolute atomic E-state index is 13.3. The van der Waals surface area contributed by atoms with Crippen molar-refractivity contribution in [2.24, 2.45) is 29.1 Å². The van der Waals surface area contributed by atoms with Gasteiger partial charge in [0.15, 0.2) is 0 Å². The Kier molecular flexibility index (Phi) is 5.29. The Morgan fingerprint density at radius 3 is 2.52 bits per heavy atom. The summed E-state index contributed by atoms with van der Waals surface area (Å²) in [6, 6.07) is 7.68. The monoisotopic (exact) mass is 499 g/mol. The molecule has 1 aromatic carbocycles. The number of aryl methyl sites for hydroxylation is 2. The molecule has 2 bridgehead atoms. The summed E-state index contributed by atoms with van der Waals surface area (Å²) in [7, 11) is 0. The van der Waals surface area contributed by atoms with Crippen LogP contribution in [0.3, 0.4) is 0 Å². The van der Waals surface area contributed by atoms with Crippen LogP contribution in [0.25, 0.3) is 0 Å². The minimum Gasteiger partial charge on any atom is -0.355 e. The Morgan fingerprint density at radius 1 is 1.16 bits per heavy atom. The molecule has 162 valence electrons. The summed E-state index contributed by atoms with van der Waals surface area (Å²) in [6.07, 6.45) is 7.21. The van der Waals surface area contributed by atoms with Gasteiger partial charge in [-0.25, -0.2) is 4.98 Å². The summed E-state index contributed by atoms with van der Waals surface area (Å²) in [5.41, 5.74) is 1.91. The fourth-order valence-electron chi connectivity index (χ4n) is 5.74. The van der Waals surface area contributed by atoms with E-state index in [1.165, 1.54) is 12.8 Å². The Hall–Kier alpha value is -1.99. The van der Waals surface area contributed by atoms with Crippen LogP contribution in [0.4, 0.5) is 5.69 Å². The minimum absolute atomic E-state index is 0.0166. The van der Waals surface area contributed by atoms with Gasteiger partial charge in [0.2, 0.25) is 11.8 Å². The van der Waals surface area contributed by atoms with Crippen LogP contribution in [0.2, 0.25) is 0 Å². The molecule has 0 unspecified atom stereocenters. The summed E-state index contributed by atoms with van der Waals surface area (Å²) < 4.78 is 0.983. The highest BCUT2D eigenvalue weighted by atomic mass is 79.9. The molecule has 0 saturated heterocycles. The number of amides is 2. The smallest absolute Gasteiger partial charge is 0.228 e. The molecule has 2 saturated carbocycles. The van der Waals surface area contributed by atoms with Gasteiger partial charge in [-0.2, -0.15) is 0 Å². The first-order chi connectivity index (χ1) is 14.9. The Morgan fingerprint density at radius 2 is 1.87 bits per heavy atom. The number of rotatable bonds is 6. The van der Waals surface area contributed by atoms with Crippen molar-refractivity contribution in [3.8, 4) is 0 Å². The molecule has 31 heavy (non-hydrogen) atoms. The van der Waals surface area contributed by atoms with Crippen LogP contribution in [0.5, 0.6) is 0 Å². The van der Waals surface area contributed by atoms with Crippen molar-refractivity contribution < 1.29 is 9.59 Å². The van der Waals surface area contributed by atoms with Gasteiger partial charge in [-0.15, -0.1) is 11.3 Å². The lowest BCUT2D eigenvalue weighted by molar-refractivity contribution is -0.124. The van der Waals surface area contributed by atoms with Gasteiger partial charge in [0.1, 0.15) is 0 Å². The van der Waals surface area contributed by atoms with Crippen LogP contribution in [0, 0.1) is 42.9 Å². The third-order valence-electron chi connectivity index (χ3n) is 7.27. The Balaban J connectivity index is 1.28. The van der Waals surface area contributed by atoms with E-state index >= 15 is 0 Å². The average molecular weight is 500 g/mol. The van der Waals surface area contributed by atoms with Crippen LogP contribution in [-0.2, 0) is 16.0 Å². The molecule has 0 aliphatic heterocycles. The van der Waals surface area contributed by atoms with E-state index in [0.717, 1.165) is 25.7 Å². The first kappa shape index (κ1) is 20.9. The molecule has 2 N–H and O–H groups in total. The van der Waals surface area contributed by atoms with E-state index in [2.05, 4.69) is 43.7 Å². The second kappa shape index (κ2) is 7.85. The van der Waals surface area contributed by atoms with Gasteiger partial charge in [-0.05, 0) is 74.1 Å². The molecule has 1 aromatic heterocycles. The number of thiazole rings is 1. The van der Waals surface area contributed by atoms with Crippen molar-refractivity contribution in [1.29, 1.82) is 0 Å². The molecule has 3 aliphatic rings. The molecule has 0 radical (unpaired) electrons. The standard InChI is InChI=1S/C24H26BrN3O2S/c1-13-20(27-14(2)31-13)11-21(29)26-12-17-18-7-8-19(24(18)9-10-24)22(17)23(30)28-16-5-3-15(25)4-6-16/h3-8,17-19,22H,9-12H2,1-2H3,(H,26,29)(H,28,30)/t17-,18-,19+,22+/m1/s1. The van der Waals surface area contributed by atoms with Crippen molar-refractivity contribution >= 4 is 44.8 Å². The van der Waals surface area contributed by atoms with Crippen molar-refractivity contribution in [2.75, 3.05) is 11.9 Å². The number of halogens is 1. The van der Waals surface area contributed by atoms with Gasteiger partial charge >= 0.3 is 0 Å². The van der Waals surface area contributed by atoms with Crippen LogP contribution in [0.1, 0.15) is 28.4 Å². The second-order valence-electron chi connectivity index (χ2n) is 9.07. The topological polar surface area (TPSA) is 71.1 Å². The fraction of sp³-hybridized carbons (Fsp3) is 0.458. The van der Waals surface area contributed by atoms with E-state index in [1.807, 2.05) is 38.1 Å². The van der Waals surface area contributed by atoms with Gasteiger partial charge < -0.3 is 10.6 Å². The molecular formula is C24H26BrN3O2S. The highest BCUT2D eigenvalue weighted by Gasteiger charge is 2.68. The number of hydrogen-bond acceptors (Lipinski definition) is 4. The van der Waals surface area contributed by atoms with E-state index in [1.54, 1.807) is 11.3 Å². The number of carbonyl (C=O) groups is 2. The van der Waals surface area contributed by atoms with Crippen molar-refractivity contribution in [3.63, 3.8) is 0 Å². The van der Waals surface area contributed by atoms with Crippen LogP contribution < -0.4 is 10.6 Å².